The minimum atomic E-state index is 1.01. The molecule has 4 nitrogen and oxygen atoms in total. The molecule has 3 aromatic rings. The van der Waals surface area contributed by atoms with Crippen molar-refractivity contribution in [3.8, 4) is 22.4 Å². The first kappa shape index (κ1) is 14.8. The van der Waals surface area contributed by atoms with Gasteiger partial charge in [-0.2, -0.15) is 5.10 Å². The molecule has 4 heteroatoms. The Labute approximate surface area is 141 Å². The van der Waals surface area contributed by atoms with E-state index in [9.17, 15) is 0 Å². The van der Waals surface area contributed by atoms with E-state index in [0.29, 0.717) is 0 Å². The highest BCUT2D eigenvalue weighted by Crippen LogP contribution is 2.36. The van der Waals surface area contributed by atoms with E-state index in [-0.39, 0.29) is 0 Å². The molecule has 4 rings (SSSR count). The predicted molar refractivity (Wildman–Crippen MR) is 97.4 cm³/mol. The van der Waals surface area contributed by atoms with Crippen LogP contribution in [-0.2, 0) is 13.5 Å². The molecule has 2 heterocycles. The van der Waals surface area contributed by atoms with Crippen LogP contribution in [-0.4, -0.2) is 27.5 Å². The number of benzene rings is 1. The van der Waals surface area contributed by atoms with Gasteiger partial charge in [0.2, 0.25) is 0 Å². The maximum atomic E-state index is 4.75. The van der Waals surface area contributed by atoms with Crippen LogP contribution in [0.5, 0.6) is 0 Å². The zero-order valence-corrected chi connectivity index (χ0v) is 14.2. The fourth-order valence-electron chi connectivity index (χ4n) is 3.52. The monoisotopic (exact) mass is 316 g/mol. The largest absolute Gasteiger partial charge is 0.292 e. The van der Waals surface area contributed by atoms with Crippen molar-refractivity contribution < 1.29 is 0 Å². The molecule has 0 atom stereocenters. The highest BCUT2D eigenvalue weighted by Gasteiger charge is 2.21. The van der Waals surface area contributed by atoms with Gasteiger partial charge < -0.3 is 0 Å². The SMILES string of the molecule is CN=C1CCc2cc(-c3c(-c4ccncc4)nn(C)c3C)ccc21. The van der Waals surface area contributed by atoms with E-state index in [0.717, 1.165) is 24.1 Å². The van der Waals surface area contributed by atoms with Gasteiger partial charge in [0.25, 0.3) is 0 Å². The van der Waals surface area contributed by atoms with E-state index in [4.69, 9.17) is 5.10 Å². The Bertz CT molecular complexity index is 936. The first-order valence-electron chi connectivity index (χ1n) is 8.22. The molecule has 1 aliphatic carbocycles. The van der Waals surface area contributed by atoms with Crippen LogP contribution in [0.25, 0.3) is 22.4 Å². The predicted octanol–water partition coefficient (Wildman–Crippen LogP) is 3.82. The summed E-state index contributed by atoms with van der Waals surface area (Å²) in [6.45, 7) is 2.12. The number of pyridine rings is 1. The summed E-state index contributed by atoms with van der Waals surface area (Å²) in [5.41, 5.74) is 9.61. The Balaban J connectivity index is 1.89. The number of aromatic nitrogens is 3. The molecule has 0 spiro atoms. The van der Waals surface area contributed by atoms with Crippen LogP contribution in [0.15, 0.2) is 47.7 Å². The summed E-state index contributed by atoms with van der Waals surface area (Å²) in [6, 6.07) is 10.7. The zero-order valence-electron chi connectivity index (χ0n) is 14.2. The zero-order chi connectivity index (χ0) is 16.7. The van der Waals surface area contributed by atoms with Gasteiger partial charge in [-0.15, -0.1) is 0 Å². The molecule has 0 saturated heterocycles. The molecule has 1 aliphatic rings. The van der Waals surface area contributed by atoms with Gasteiger partial charge in [0.15, 0.2) is 0 Å². The lowest BCUT2D eigenvalue weighted by Crippen LogP contribution is -1.94. The third kappa shape index (κ3) is 2.26. The normalized spacial score (nSPS) is 15.0. The van der Waals surface area contributed by atoms with Crippen LogP contribution in [0.1, 0.15) is 23.2 Å². The lowest BCUT2D eigenvalue weighted by atomic mass is 9.96. The van der Waals surface area contributed by atoms with E-state index in [1.807, 2.05) is 43.3 Å². The number of hydrogen-bond acceptors (Lipinski definition) is 3. The van der Waals surface area contributed by atoms with Gasteiger partial charge in [-0.25, -0.2) is 0 Å². The Kier molecular flexibility index (Phi) is 3.53. The van der Waals surface area contributed by atoms with E-state index in [1.165, 1.54) is 33.7 Å². The second kappa shape index (κ2) is 5.71. The van der Waals surface area contributed by atoms with Crippen molar-refractivity contribution in [2.75, 3.05) is 7.05 Å². The molecule has 0 saturated carbocycles. The van der Waals surface area contributed by atoms with Gasteiger partial charge in [-0.05, 0) is 48.6 Å². The van der Waals surface area contributed by atoms with Gasteiger partial charge >= 0.3 is 0 Å². The van der Waals surface area contributed by atoms with Crippen LogP contribution in [0.4, 0.5) is 0 Å². The van der Waals surface area contributed by atoms with Crippen molar-refractivity contribution in [3.05, 3.63) is 59.5 Å². The highest BCUT2D eigenvalue weighted by molar-refractivity contribution is 6.05. The molecule has 0 bridgehead atoms. The van der Waals surface area contributed by atoms with E-state index < -0.39 is 0 Å². The molecule has 120 valence electrons. The quantitative estimate of drug-likeness (QED) is 0.721. The van der Waals surface area contributed by atoms with Crippen molar-refractivity contribution >= 4 is 5.71 Å². The Morgan fingerprint density at radius 1 is 1.04 bits per heavy atom. The Hall–Kier alpha value is -2.75. The number of aryl methyl sites for hydroxylation is 2. The van der Waals surface area contributed by atoms with Gasteiger partial charge in [-0.1, -0.05) is 18.2 Å². The summed E-state index contributed by atoms with van der Waals surface area (Å²) in [5, 5.41) is 4.75. The standard InChI is InChI=1S/C20H20N4/c1-13-19(20(23-24(13)3)14-8-10-22-11-9-14)16-4-6-17-15(12-16)5-7-18(17)21-2/h4,6,8-12H,5,7H2,1-3H3. The fraction of sp³-hybridized carbons (Fsp3) is 0.250. The van der Waals surface area contributed by atoms with Gasteiger partial charge in [0.05, 0.1) is 0 Å². The summed E-state index contributed by atoms with van der Waals surface area (Å²) < 4.78 is 1.96. The molecule has 0 amide bonds. The summed E-state index contributed by atoms with van der Waals surface area (Å²) in [7, 11) is 3.88. The second-order valence-corrected chi connectivity index (χ2v) is 6.21. The maximum absolute atomic E-state index is 4.75. The highest BCUT2D eigenvalue weighted by atomic mass is 15.3. The summed E-state index contributed by atoms with van der Waals surface area (Å²) in [5.74, 6) is 0. The minimum Gasteiger partial charge on any atom is -0.292 e. The lowest BCUT2D eigenvalue weighted by Gasteiger charge is -2.08. The number of aliphatic imine (C=N–C) groups is 1. The third-order valence-corrected chi connectivity index (χ3v) is 4.89. The van der Waals surface area contributed by atoms with Crippen molar-refractivity contribution in [3.63, 3.8) is 0 Å². The molecule has 24 heavy (non-hydrogen) atoms. The van der Waals surface area contributed by atoms with E-state index in [1.54, 1.807) is 0 Å². The van der Waals surface area contributed by atoms with E-state index in [2.05, 4.69) is 35.1 Å². The smallest absolute Gasteiger partial charge is 0.100 e. The fourth-order valence-corrected chi connectivity index (χ4v) is 3.52. The molecule has 0 radical (unpaired) electrons. The molecule has 0 unspecified atom stereocenters. The van der Waals surface area contributed by atoms with Gasteiger partial charge in [0, 0.05) is 49.0 Å². The van der Waals surface area contributed by atoms with Crippen LogP contribution in [0.3, 0.4) is 0 Å². The van der Waals surface area contributed by atoms with Gasteiger partial charge in [0.1, 0.15) is 5.69 Å². The third-order valence-electron chi connectivity index (χ3n) is 4.89. The molecule has 1 aromatic carbocycles. The average Bonchev–Trinajstić information content (AvgIpc) is 3.16. The maximum Gasteiger partial charge on any atom is 0.100 e. The Morgan fingerprint density at radius 2 is 1.83 bits per heavy atom. The lowest BCUT2D eigenvalue weighted by molar-refractivity contribution is 0.743. The molecule has 2 aromatic heterocycles. The van der Waals surface area contributed by atoms with Crippen molar-refractivity contribution in [1.29, 1.82) is 0 Å². The number of hydrogen-bond donors (Lipinski definition) is 0. The van der Waals surface area contributed by atoms with Crippen LogP contribution in [0, 0.1) is 6.92 Å². The molecule has 0 aliphatic heterocycles. The topological polar surface area (TPSA) is 43.1 Å². The van der Waals surface area contributed by atoms with E-state index >= 15 is 0 Å². The number of rotatable bonds is 2. The summed E-state index contributed by atoms with van der Waals surface area (Å²) >= 11 is 0. The van der Waals surface area contributed by atoms with Gasteiger partial charge in [-0.3, -0.25) is 14.7 Å². The summed E-state index contributed by atoms with van der Waals surface area (Å²) in [6.07, 6.45) is 5.74. The molecular weight excluding hydrogens is 296 g/mol. The Morgan fingerprint density at radius 3 is 2.58 bits per heavy atom. The number of nitrogens with zero attached hydrogens (tertiary/aromatic N) is 4. The van der Waals surface area contributed by atoms with Crippen LogP contribution >= 0.6 is 0 Å². The molecule has 0 fully saturated rings. The number of fused-ring (bicyclic) bond motifs is 1. The second-order valence-electron chi connectivity index (χ2n) is 6.21. The minimum absolute atomic E-state index is 1.01. The molecule has 0 N–H and O–H groups in total. The van der Waals surface area contributed by atoms with Crippen LogP contribution < -0.4 is 0 Å². The van der Waals surface area contributed by atoms with Crippen LogP contribution in [0.2, 0.25) is 0 Å². The first-order valence-corrected chi connectivity index (χ1v) is 8.22. The van der Waals surface area contributed by atoms with Crippen molar-refractivity contribution in [2.24, 2.45) is 12.0 Å². The average molecular weight is 316 g/mol. The molecular formula is C20H20N4. The van der Waals surface area contributed by atoms with Crippen molar-refractivity contribution in [2.45, 2.75) is 19.8 Å². The summed E-state index contributed by atoms with van der Waals surface area (Å²) in [4.78, 5) is 8.53. The van der Waals surface area contributed by atoms with Crippen molar-refractivity contribution in [1.82, 2.24) is 14.8 Å². The first-order chi connectivity index (χ1) is 11.7.